The fourth-order valence-corrected chi connectivity index (χ4v) is 1.30. The van der Waals surface area contributed by atoms with Crippen LogP contribution in [-0.4, -0.2) is 10.2 Å². The number of benzene rings is 1. The molecule has 15 heavy (non-hydrogen) atoms. The van der Waals surface area contributed by atoms with Gasteiger partial charge in [-0.1, -0.05) is 30.3 Å². The Morgan fingerprint density at radius 2 is 2.00 bits per heavy atom. The first-order chi connectivity index (χ1) is 7.42. The third-order valence-corrected chi connectivity index (χ3v) is 1.95. The number of aromatic amines is 1. The Kier molecular flexibility index (Phi) is 2.49. The second-order valence-electron chi connectivity index (χ2n) is 2.89. The van der Waals surface area contributed by atoms with Gasteiger partial charge >= 0.3 is 0 Å². The maximum atomic E-state index is 8.37. The molecule has 0 aliphatic heterocycles. The average Bonchev–Trinajstić information content (AvgIpc) is 2.75. The van der Waals surface area contributed by atoms with Gasteiger partial charge in [-0.2, -0.15) is 10.4 Å². The zero-order chi connectivity index (χ0) is 10.5. The highest BCUT2D eigenvalue weighted by Gasteiger charge is 2.03. The van der Waals surface area contributed by atoms with E-state index in [1.807, 2.05) is 30.3 Å². The number of hydrogen-bond donors (Lipinski definition) is 1. The van der Waals surface area contributed by atoms with E-state index in [0.29, 0.717) is 0 Å². The smallest absolute Gasteiger partial charge is 0.152 e. The summed E-state index contributed by atoms with van der Waals surface area (Å²) in [6.07, 6.45) is 1.62. The van der Waals surface area contributed by atoms with E-state index in [2.05, 4.69) is 22.0 Å². The molecular formula is C12H7N3. The Hall–Kier alpha value is -2.52. The predicted octanol–water partition coefficient (Wildman–Crippen LogP) is 1.95. The molecule has 1 aromatic carbocycles. The van der Waals surface area contributed by atoms with Gasteiger partial charge in [-0.05, 0) is 5.92 Å². The third-order valence-electron chi connectivity index (χ3n) is 1.95. The Morgan fingerprint density at radius 1 is 1.20 bits per heavy atom. The minimum Gasteiger partial charge on any atom is -0.277 e. The first kappa shape index (κ1) is 9.05. The Morgan fingerprint density at radius 3 is 2.73 bits per heavy atom. The van der Waals surface area contributed by atoms with Crippen LogP contribution in [0.3, 0.4) is 0 Å². The first-order valence-corrected chi connectivity index (χ1v) is 4.40. The van der Waals surface area contributed by atoms with Gasteiger partial charge in [0, 0.05) is 11.5 Å². The molecule has 0 unspecified atom stereocenters. The minimum absolute atomic E-state index is 0.739. The van der Waals surface area contributed by atoms with E-state index in [9.17, 15) is 0 Å². The fraction of sp³-hybridized carbons (Fsp3) is 0. The zero-order valence-electron chi connectivity index (χ0n) is 7.86. The van der Waals surface area contributed by atoms with Crippen molar-refractivity contribution in [2.75, 3.05) is 0 Å². The quantitative estimate of drug-likeness (QED) is 0.704. The van der Waals surface area contributed by atoms with Crippen LogP contribution in [0.2, 0.25) is 0 Å². The highest BCUT2D eigenvalue weighted by Crippen LogP contribution is 2.19. The number of nitrogens with zero attached hydrogens (tertiary/aromatic N) is 2. The Labute approximate surface area is 87.4 Å². The highest BCUT2D eigenvalue weighted by molar-refractivity contribution is 5.66. The van der Waals surface area contributed by atoms with E-state index in [1.165, 1.54) is 0 Å². The summed E-state index contributed by atoms with van der Waals surface area (Å²) in [6, 6.07) is 11.5. The molecule has 0 aliphatic carbocycles. The summed E-state index contributed by atoms with van der Waals surface area (Å²) < 4.78 is 0. The number of rotatable bonds is 1. The molecule has 0 fully saturated rings. The molecule has 0 bridgehead atoms. The van der Waals surface area contributed by atoms with Gasteiger partial charge in [0.25, 0.3) is 0 Å². The molecule has 0 amide bonds. The molecule has 2 rings (SSSR count). The fourth-order valence-electron chi connectivity index (χ4n) is 1.30. The van der Waals surface area contributed by atoms with Crippen molar-refractivity contribution in [1.82, 2.24) is 10.2 Å². The molecule has 0 saturated heterocycles. The van der Waals surface area contributed by atoms with Crippen molar-refractivity contribution in [2.45, 2.75) is 0 Å². The molecule has 3 heteroatoms. The van der Waals surface area contributed by atoms with Crippen molar-refractivity contribution in [1.29, 1.82) is 5.26 Å². The van der Waals surface area contributed by atoms with Gasteiger partial charge in [-0.3, -0.25) is 5.10 Å². The van der Waals surface area contributed by atoms with Gasteiger partial charge in [-0.15, -0.1) is 0 Å². The minimum atomic E-state index is 0.739. The second kappa shape index (κ2) is 4.13. The normalized spacial score (nSPS) is 8.73. The lowest BCUT2D eigenvalue weighted by molar-refractivity contribution is 1.10. The molecule has 70 valence electrons. The summed E-state index contributed by atoms with van der Waals surface area (Å²) in [7, 11) is 0. The zero-order valence-corrected chi connectivity index (χ0v) is 7.86. The molecule has 2 aromatic rings. The Balaban J connectivity index is 2.47. The molecule has 0 saturated carbocycles. The summed E-state index contributed by atoms with van der Waals surface area (Å²) >= 11 is 0. The lowest BCUT2D eigenvalue weighted by atomic mass is 10.1. The van der Waals surface area contributed by atoms with E-state index in [0.717, 1.165) is 16.8 Å². The van der Waals surface area contributed by atoms with Crippen LogP contribution in [-0.2, 0) is 0 Å². The van der Waals surface area contributed by atoms with Crippen molar-refractivity contribution in [3.63, 3.8) is 0 Å². The molecule has 0 radical (unpaired) electrons. The number of aromatic nitrogens is 2. The van der Waals surface area contributed by atoms with E-state index in [4.69, 9.17) is 5.26 Å². The van der Waals surface area contributed by atoms with Crippen molar-refractivity contribution >= 4 is 0 Å². The average molecular weight is 193 g/mol. The predicted molar refractivity (Wildman–Crippen MR) is 56.5 cm³/mol. The van der Waals surface area contributed by atoms with Crippen LogP contribution < -0.4 is 0 Å². The van der Waals surface area contributed by atoms with Crippen molar-refractivity contribution in [2.24, 2.45) is 0 Å². The first-order valence-electron chi connectivity index (χ1n) is 4.40. The van der Waals surface area contributed by atoms with Crippen LogP contribution in [0.1, 0.15) is 5.56 Å². The summed E-state index contributed by atoms with van der Waals surface area (Å²) in [5, 5.41) is 15.2. The van der Waals surface area contributed by atoms with E-state index in [-0.39, 0.29) is 0 Å². The molecule has 1 N–H and O–H groups in total. The molecule has 1 heterocycles. The molecule has 0 spiro atoms. The van der Waals surface area contributed by atoms with Crippen LogP contribution >= 0.6 is 0 Å². The summed E-state index contributed by atoms with van der Waals surface area (Å²) in [6.45, 7) is 0. The van der Waals surface area contributed by atoms with E-state index < -0.39 is 0 Å². The summed E-state index contributed by atoms with van der Waals surface area (Å²) in [4.78, 5) is 0. The standard InChI is InChI=1S/C12H7N3/c13-8-4-7-11-9-14-15-12(11)10-5-2-1-3-6-10/h1-3,5-6,9H,(H,14,15). The summed E-state index contributed by atoms with van der Waals surface area (Å²) in [5.74, 6) is 5.09. The number of nitrogens with one attached hydrogen (secondary N) is 1. The molecule has 0 atom stereocenters. The topological polar surface area (TPSA) is 52.5 Å². The van der Waals surface area contributed by atoms with Crippen LogP contribution in [0.5, 0.6) is 0 Å². The van der Waals surface area contributed by atoms with Gasteiger partial charge in [0.15, 0.2) is 6.07 Å². The van der Waals surface area contributed by atoms with Gasteiger partial charge in [0.2, 0.25) is 0 Å². The lowest BCUT2D eigenvalue weighted by Gasteiger charge is -1.96. The number of H-pyrrole nitrogens is 1. The second-order valence-corrected chi connectivity index (χ2v) is 2.89. The van der Waals surface area contributed by atoms with Crippen molar-refractivity contribution in [3.05, 3.63) is 42.1 Å². The maximum Gasteiger partial charge on any atom is 0.152 e. The third kappa shape index (κ3) is 1.87. The van der Waals surface area contributed by atoms with Crippen LogP contribution in [0.25, 0.3) is 11.3 Å². The van der Waals surface area contributed by atoms with Gasteiger partial charge in [0.1, 0.15) is 0 Å². The number of nitriles is 1. The van der Waals surface area contributed by atoms with Gasteiger partial charge in [-0.25, -0.2) is 0 Å². The van der Waals surface area contributed by atoms with Gasteiger partial charge in [0.05, 0.1) is 17.5 Å². The lowest BCUT2D eigenvalue weighted by Crippen LogP contribution is -1.80. The maximum absolute atomic E-state index is 8.37. The Bertz CT molecular complexity index is 550. The highest BCUT2D eigenvalue weighted by atomic mass is 15.1. The molecular weight excluding hydrogens is 186 g/mol. The largest absolute Gasteiger partial charge is 0.277 e. The monoisotopic (exact) mass is 193 g/mol. The van der Waals surface area contributed by atoms with Crippen LogP contribution in [0.4, 0.5) is 0 Å². The van der Waals surface area contributed by atoms with Crippen LogP contribution in [0, 0.1) is 23.2 Å². The van der Waals surface area contributed by atoms with Crippen molar-refractivity contribution < 1.29 is 0 Å². The van der Waals surface area contributed by atoms with Crippen molar-refractivity contribution in [3.8, 4) is 29.2 Å². The van der Waals surface area contributed by atoms with E-state index in [1.54, 1.807) is 12.3 Å². The summed E-state index contributed by atoms with van der Waals surface area (Å²) in [5.41, 5.74) is 2.60. The van der Waals surface area contributed by atoms with Crippen LogP contribution in [0.15, 0.2) is 36.5 Å². The SMILES string of the molecule is N#CC#Cc1cn[nH]c1-c1ccccc1. The van der Waals surface area contributed by atoms with E-state index >= 15 is 0 Å². The molecule has 3 nitrogen and oxygen atoms in total. The van der Waals surface area contributed by atoms with Gasteiger partial charge < -0.3 is 0 Å². The number of hydrogen-bond acceptors (Lipinski definition) is 2. The molecule has 0 aliphatic rings. The molecule has 1 aromatic heterocycles.